The molecule has 1 fully saturated rings. The van der Waals surface area contributed by atoms with Crippen LogP contribution in [0.1, 0.15) is 28.8 Å². The lowest BCUT2D eigenvalue weighted by atomic mass is 10.2. The molecular weight excluding hydrogens is 538 g/mol. The highest BCUT2D eigenvalue weighted by Crippen LogP contribution is 2.31. The third-order valence-corrected chi connectivity index (χ3v) is 9.54. The van der Waals surface area contributed by atoms with Gasteiger partial charge < -0.3 is 10.1 Å². The summed E-state index contributed by atoms with van der Waals surface area (Å²) < 4.78 is 60.7. The van der Waals surface area contributed by atoms with Gasteiger partial charge in [0, 0.05) is 18.8 Å². The summed E-state index contributed by atoms with van der Waals surface area (Å²) in [6.45, 7) is 2.73. The van der Waals surface area contributed by atoms with Crippen LogP contribution >= 0.6 is 11.6 Å². The van der Waals surface area contributed by atoms with E-state index in [1.54, 1.807) is 12.1 Å². The molecule has 9 nitrogen and oxygen atoms in total. The molecule has 12 heteroatoms. The molecule has 2 N–H and O–H groups in total. The zero-order valence-electron chi connectivity index (χ0n) is 20.2. The van der Waals surface area contributed by atoms with Crippen molar-refractivity contribution in [2.24, 2.45) is 0 Å². The normalized spacial score (nSPS) is 14.4. The van der Waals surface area contributed by atoms with E-state index in [1.807, 2.05) is 6.92 Å². The molecular formula is C25H26ClN3O6S2. The highest BCUT2D eigenvalue weighted by molar-refractivity contribution is 7.92. The van der Waals surface area contributed by atoms with E-state index in [2.05, 4.69) is 10.0 Å². The van der Waals surface area contributed by atoms with E-state index in [-0.39, 0.29) is 37.5 Å². The van der Waals surface area contributed by atoms with Gasteiger partial charge in [0.2, 0.25) is 10.0 Å². The molecule has 3 aromatic rings. The van der Waals surface area contributed by atoms with Crippen molar-refractivity contribution >= 4 is 48.9 Å². The van der Waals surface area contributed by atoms with Crippen molar-refractivity contribution in [3.63, 3.8) is 0 Å². The van der Waals surface area contributed by atoms with Crippen molar-refractivity contribution in [2.45, 2.75) is 29.6 Å². The van der Waals surface area contributed by atoms with Gasteiger partial charge in [-0.05, 0) is 68.3 Å². The minimum absolute atomic E-state index is 0.0133. The molecule has 0 atom stereocenters. The molecule has 37 heavy (non-hydrogen) atoms. The standard InChI is InChI=1S/C25H26ClN3O6S2/c1-17-5-8-19(9-6-17)36(31,32)28-18-7-11-22(26)21(15-18)25(30)27-23-16-20(10-12-24(23)35-2)37(33,34)29-13-3-4-14-29/h5-12,15-16,28H,3-4,13-14H2,1-2H3,(H,27,30). The number of benzene rings is 3. The molecule has 0 spiro atoms. The fourth-order valence-electron chi connectivity index (χ4n) is 3.91. The number of hydrogen-bond acceptors (Lipinski definition) is 6. The van der Waals surface area contributed by atoms with Gasteiger partial charge in [-0.1, -0.05) is 29.3 Å². The second kappa shape index (κ2) is 10.7. The molecule has 3 aromatic carbocycles. The fraction of sp³-hybridized carbons (Fsp3) is 0.240. The molecule has 196 valence electrons. The number of ether oxygens (including phenoxy) is 1. The number of methoxy groups -OCH3 is 1. The van der Waals surface area contributed by atoms with Crippen molar-refractivity contribution in [2.75, 3.05) is 30.2 Å². The Morgan fingerprint density at radius 2 is 1.57 bits per heavy atom. The molecule has 0 unspecified atom stereocenters. The third kappa shape index (κ3) is 5.90. The summed E-state index contributed by atoms with van der Waals surface area (Å²) in [5.74, 6) is -0.420. The Kier molecular flexibility index (Phi) is 7.79. The van der Waals surface area contributed by atoms with Crippen LogP contribution < -0.4 is 14.8 Å². The summed E-state index contributed by atoms with van der Waals surface area (Å²) in [5, 5.41) is 2.72. The second-order valence-electron chi connectivity index (χ2n) is 8.54. The van der Waals surface area contributed by atoms with E-state index in [4.69, 9.17) is 16.3 Å². The molecule has 1 aliphatic heterocycles. The van der Waals surface area contributed by atoms with Crippen LogP contribution in [-0.4, -0.2) is 47.2 Å². The average Bonchev–Trinajstić information content (AvgIpc) is 3.41. The minimum Gasteiger partial charge on any atom is -0.495 e. The number of sulfonamides is 2. The van der Waals surface area contributed by atoms with E-state index >= 15 is 0 Å². The van der Waals surface area contributed by atoms with Crippen molar-refractivity contribution in [1.29, 1.82) is 0 Å². The number of rotatable bonds is 8. The van der Waals surface area contributed by atoms with Crippen molar-refractivity contribution in [3.8, 4) is 5.75 Å². The first kappa shape index (κ1) is 26.9. The lowest BCUT2D eigenvalue weighted by Gasteiger charge is -2.18. The van der Waals surface area contributed by atoms with Gasteiger partial charge in [0.15, 0.2) is 0 Å². The molecule has 0 radical (unpaired) electrons. The molecule has 1 aliphatic rings. The van der Waals surface area contributed by atoms with Crippen LogP contribution in [0.25, 0.3) is 0 Å². The van der Waals surface area contributed by atoms with Crippen LogP contribution in [0, 0.1) is 6.92 Å². The minimum atomic E-state index is -3.90. The molecule has 0 aliphatic carbocycles. The maximum absolute atomic E-state index is 13.2. The molecule has 1 amide bonds. The number of anilines is 2. The van der Waals surface area contributed by atoms with Crippen LogP contribution in [0.5, 0.6) is 5.75 Å². The molecule has 1 saturated heterocycles. The monoisotopic (exact) mass is 563 g/mol. The Labute approximate surface area is 221 Å². The first-order chi connectivity index (χ1) is 17.5. The van der Waals surface area contributed by atoms with Crippen molar-refractivity contribution in [1.82, 2.24) is 4.31 Å². The second-order valence-corrected chi connectivity index (χ2v) is 12.6. The molecule has 1 heterocycles. The number of nitrogens with zero attached hydrogens (tertiary/aromatic N) is 1. The maximum atomic E-state index is 13.2. The summed E-state index contributed by atoms with van der Waals surface area (Å²) in [7, 11) is -6.23. The number of nitrogens with one attached hydrogen (secondary N) is 2. The fourth-order valence-corrected chi connectivity index (χ4v) is 6.70. The van der Waals surface area contributed by atoms with Crippen LogP contribution in [0.2, 0.25) is 5.02 Å². The van der Waals surface area contributed by atoms with Crippen molar-refractivity contribution in [3.05, 3.63) is 76.8 Å². The lowest BCUT2D eigenvalue weighted by molar-refractivity contribution is 0.102. The molecule has 0 saturated carbocycles. The summed E-state index contributed by atoms with van der Waals surface area (Å²) >= 11 is 6.25. The largest absolute Gasteiger partial charge is 0.495 e. The van der Waals surface area contributed by atoms with Gasteiger partial charge in [0.05, 0.1) is 33.2 Å². The summed E-state index contributed by atoms with van der Waals surface area (Å²) in [6, 6.07) is 14.7. The Balaban J connectivity index is 1.60. The summed E-state index contributed by atoms with van der Waals surface area (Å²) in [5.41, 5.74) is 1.17. The van der Waals surface area contributed by atoms with Gasteiger partial charge in [0.1, 0.15) is 5.75 Å². The van der Waals surface area contributed by atoms with Gasteiger partial charge >= 0.3 is 0 Å². The van der Waals surface area contributed by atoms with Gasteiger partial charge in [-0.3, -0.25) is 9.52 Å². The zero-order chi connectivity index (χ0) is 26.8. The predicted octanol–water partition coefficient (Wildman–Crippen LogP) is 4.49. The van der Waals surface area contributed by atoms with Crippen LogP contribution in [0.3, 0.4) is 0 Å². The Morgan fingerprint density at radius 1 is 0.919 bits per heavy atom. The van der Waals surface area contributed by atoms with Gasteiger partial charge in [0.25, 0.3) is 15.9 Å². The van der Waals surface area contributed by atoms with E-state index in [9.17, 15) is 21.6 Å². The Morgan fingerprint density at radius 3 is 2.22 bits per heavy atom. The number of halogens is 1. The van der Waals surface area contributed by atoms with Crippen LogP contribution in [0.15, 0.2) is 70.5 Å². The number of carbonyl (C=O) groups excluding carboxylic acids is 1. The summed E-state index contributed by atoms with van der Waals surface area (Å²) in [6.07, 6.45) is 1.59. The van der Waals surface area contributed by atoms with Crippen LogP contribution in [0.4, 0.5) is 11.4 Å². The first-order valence-electron chi connectivity index (χ1n) is 11.4. The number of hydrogen-bond donors (Lipinski definition) is 2. The number of carbonyl (C=O) groups is 1. The zero-order valence-corrected chi connectivity index (χ0v) is 22.6. The number of aryl methyl sites for hydroxylation is 1. The molecule has 0 aromatic heterocycles. The molecule has 0 bridgehead atoms. The number of amides is 1. The SMILES string of the molecule is COc1ccc(S(=O)(=O)N2CCCC2)cc1NC(=O)c1cc(NS(=O)(=O)c2ccc(C)cc2)ccc1Cl. The quantitative estimate of drug-likeness (QED) is 0.416. The van der Waals surface area contributed by atoms with Gasteiger partial charge in [-0.25, -0.2) is 16.8 Å². The van der Waals surface area contributed by atoms with Crippen molar-refractivity contribution < 1.29 is 26.4 Å². The van der Waals surface area contributed by atoms with Gasteiger partial charge in [-0.15, -0.1) is 0 Å². The van der Waals surface area contributed by atoms with E-state index in [0.717, 1.165) is 18.4 Å². The van der Waals surface area contributed by atoms with E-state index in [0.29, 0.717) is 13.1 Å². The first-order valence-corrected chi connectivity index (χ1v) is 14.7. The van der Waals surface area contributed by atoms with Crippen LogP contribution in [-0.2, 0) is 20.0 Å². The smallest absolute Gasteiger partial charge is 0.261 e. The maximum Gasteiger partial charge on any atom is 0.261 e. The highest BCUT2D eigenvalue weighted by atomic mass is 35.5. The predicted molar refractivity (Wildman–Crippen MR) is 142 cm³/mol. The average molecular weight is 564 g/mol. The van der Waals surface area contributed by atoms with E-state index < -0.39 is 26.0 Å². The topological polar surface area (TPSA) is 122 Å². The lowest BCUT2D eigenvalue weighted by Crippen LogP contribution is -2.28. The molecule has 4 rings (SSSR count). The third-order valence-electron chi connectivity index (χ3n) is 5.92. The summed E-state index contributed by atoms with van der Waals surface area (Å²) in [4.78, 5) is 13.3. The highest BCUT2D eigenvalue weighted by Gasteiger charge is 2.28. The van der Waals surface area contributed by atoms with Gasteiger partial charge in [-0.2, -0.15) is 4.31 Å². The Hall–Kier alpha value is -3.12. The Bertz CT molecular complexity index is 1540. The van der Waals surface area contributed by atoms with E-state index in [1.165, 1.54) is 59.9 Å².